The van der Waals surface area contributed by atoms with E-state index in [4.69, 9.17) is 16.3 Å². The molecule has 1 saturated heterocycles. The number of hydrogen-bond acceptors (Lipinski definition) is 4. The van der Waals surface area contributed by atoms with Gasteiger partial charge in [0.15, 0.2) is 0 Å². The van der Waals surface area contributed by atoms with E-state index in [-0.39, 0.29) is 18.6 Å². The van der Waals surface area contributed by atoms with E-state index in [1.165, 1.54) is 0 Å². The molecule has 21 heavy (non-hydrogen) atoms. The predicted octanol–water partition coefficient (Wildman–Crippen LogP) is 1.21. The monoisotopic (exact) mass is 309 g/mol. The van der Waals surface area contributed by atoms with Crippen LogP contribution in [0.1, 0.15) is 17.4 Å². The molecule has 2 atom stereocenters. The number of β-amino-alcohol motifs (C(OH)–C–C–N with tert-alkyl or cyclic N) is 1. The smallest absolute Gasteiger partial charge is 0.274 e. The molecule has 112 valence electrons. The summed E-state index contributed by atoms with van der Waals surface area (Å²) >= 11 is 5.91. The molecule has 3 rings (SSSR count). The lowest BCUT2D eigenvalue weighted by Gasteiger charge is -2.14. The van der Waals surface area contributed by atoms with Gasteiger partial charge in [0.1, 0.15) is 17.4 Å². The SMILES string of the molecule is CCOC1CN(C(=O)c2cn3cc(Cl)ccc3n2)CC1O. The molecule has 0 spiro atoms. The van der Waals surface area contributed by atoms with Crippen molar-refractivity contribution in [2.45, 2.75) is 19.1 Å². The van der Waals surface area contributed by atoms with Gasteiger partial charge in [0, 0.05) is 32.1 Å². The van der Waals surface area contributed by atoms with Crippen LogP contribution in [0, 0.1) is 0 Å². The maximum Gasteiger partial charge on any atom is 0.274 e. The molecule has 0 bridgehead atoms. The summed E-state index contributed by atoms with van der Waals surface area (Å²) in [5, 5.41) is 10.5. The number of carbonyl (C=O) groups excluding carboxylic acids is 1. The molecule has 2 aromatic rings. The Bertz CT molecular complexity index is 673. The van der Waals surface area contributed by atoms with E-state index in [1.54, 1.807) is 33.8 Å². The van der Waals surface area contributed by atoms with Gasteiger partial charge in [0.05, 0.1) is 11.1 Å². The first kappa shape index (κ1) is 14.3. The van der Waals surface area contributed by atoms with Crippen LogP contribution in [0.2, 0.25) is 5.02 Å². The van der Waals surface area contributed by atoms with E-state index in [0.717, 1.165) is 0 Å². The lowest BCUT2D eigenvalue weighted by Crippen LogP contribution is -2.30. The number of halogens is 1. The van der Waals surface area contributed by atoms with E-state index in [0.29, 0.717) is 29.5 Å². The van der Waals surface area contributed by atoms with Crippen molar-refractivity contribution >= 4 is 23.2 Å². The molecule has 0 aliphatic carbocycles. The number of ether oxygens (including phenoxy) is 1. The first-order valence-electron chi connectivity index (χ1n) is 6.81. The van der Waals surface area contributed by atoms with Gasteiger partial charge in [-0.3, -0.25) is 4.79 Å². The van der Waals surface area contributed by atoms with E-state index < -0.39 is 6.10 Å². The maximum absolute atomic E-state index is 12.4. The van der Waals surface area contributed by atoms with Gasteiger partial charge < -0.3 is 19.1 Å². The zero-order chi connectivity index (χ0) is 15.0. The van der Waals surface area contributed by atoms with Crippen molar-refractivity contribution in [2.75, 3.05) is 19.7 Å². The van der Waals surface area contributed by atoms with Gasteiger partial charge >= 0.3 is 0 Å². The summed E-state index contributed by atoms with van der Waals surface area (Å²) < 4.78 is 7.13. The van der Waals surface area contributed by atoms with Crippen molar-refractivity contribution in [2.24, 2.45) is 0 Å². The molecule has 0 aromatic carbocycles. The number of pyridine rings is 1. The Hall–Kier alpha value is -1.63. The summed E-state index contributed by atoms with van der Waals surface area (Å²) in [6.45, 7) is 3.01. The number of aliphatic hydroxyl groups is 1. The number of aromatic nitrogens is 2. The molecule has 6 nitrogen and oxygen atoms in total. The van der Waals surface area contributed by atoms with Crippen molar-refractivity contribution < 1.29 is 14.6 Å². The van der Waals surface area contributed by atoms with Crippen molar-refractivity contribution in [1.29, 1.82) is 0 Å². The molecule has 2 unspecified atom stereocenters. The van der Waals surface area contributed by atoms with Gasteiger partial charge in [-0.1, -0.05) is 11.6 Å². The first-order valence-corrected chi connectivity index (χ1v) is 7.19. The van der Waals surface area contributed by atoms with E-state index >= 15 is 0 Å². The average molecular weight is 310 g/mol. The summed E-state index contributed by atoms with van der Waals surface area (Å²) in [6, 6.07) is 3.48. The van der Waals surface area contributed by atoms with Crippen LogP contribution in [0.3, 0.4) is 0 Å². The lowest BCUT2D eigenvalue weighted by atomic mass is 10.3. The Kier molecular flexibility index (Phi) is 3.84. The zero-order valence-electron chi connectivity index (χ0n) is 11.6. The van der Waals surface area contributed by atoms with E-state index in [1.807, 2.05) is 6.92 Å². The van der Waals surface area contributed by atoms with Gasteiger partial charge in [0.25, 0.3) is 5.91 Å². The van der Waals surface area contributed by atoms with Crippen LogP contribution in [0.5, 0.6) is 0 Å². The molecule has 0 saturated carbocycles. The molecule has 1 N–H and O–H groups in total. The minimum atomic E-state index is -0.652. The van der Waals surface area contributed by atoms with E-state index in [2.05, 4.69) is 4.98 Å². The third-order valence-electron chi connectivity index (χ3n) is 3.54. The molecular formula is C14H16ClN3O3. The van der Waals surface area contributed by atoms with Gasteiger partial charge in [0.2, 0.25) is 0 Å². The van der Waals surface area contributed by atoms with Gasteiger partial charge in [-0.2, -0.15) is 0 Å². The Morgan fingerprint density at radius 2 is 2.29 bits per heavy atom. The van der Waals surface area contributed by atoms with Gasteiger partial charge in [-0.05, 0) is 19.1 Å². The fourth-order valence-electron chi connectivity index (χ4n) is 2.53. The number of fused-ring (bicyclic) bond motifs is 1. The molecule has 1 aliphatic heterocycles. The third-order valence-corrected chi connectivity index (χ3v) is 3.76. The first-order chi connectivity index (χ1) is 10.1. The molecular weight excluding hydrogens is 294 g/mol. The normalized spacial score (nSPS) is 22.1. The number of nitrogens with zero attached hydrogens (tertiary/aromatic N) is 3. The summed E-state index contributed by atoms with van der Waals surface area (Å²) in [5.74, 6) is -0.212. The minimum Gasteiger partial charge on any atom is -0.388 e. The quantitative estimate of drug-likeness (QED) is 0.925. The summed E-state index contributed by atoms with van der Waals surface area (Å²) in [4.78, 5) is 18.3. The summed E-state index contributed by atoms with van der Waals surface area (Å²) in [7, 11) is 0. The Balaban J connectivity index is 1.81. The van der Waals surface area contributed by atoms with Crippen LogP contribution in [-0.2, 0) is 4.74 Å². The fraction of sp³-hybridized carbons (Fsp3) is 0.429. The predicted molar refractivity (Wildman–Crippen MR) is 77.5 cm³/mol. The molecule has 1 aliphatic rings. The minimum absolute atomic E-state index is 0.212. The second-order valence-electron chi connectivity index (χ2n) is 5.01. The van der Waals surface area contributed by atoms with Crippen LogP contribution in [0.15, 0.2) is 24.5 Å². The standard InChI is InChI=1S/C14H16ClN3O3/c1-2-21-12-8-18(7-11(12)19)14(20)10-6-17-5-9(15)3-4-13(17)16-10/h3-6,11-12,19H,2,7-8H2,1H3. The number of hydrogen-bond donors (Lipinski definition) is 1. The summed E-state index contributed by atoms with van der Waals surface area (Å²) in [6.07, 6.45) is 2.36. The number of amides is 1. The van der Waals surface area contributed by atoms with E-state index in [9.17, 15) is 9.90 Å². The summed E-state index contributed by atoms with van der Waals surface area (Å²) in [5.41, 5.74) is 0.991. The molecule has 1 fully saturated rings. The van der Waals surface area contributed by atoms with Gasteiger partial charge in [-0.15, -0.1) is 0 Å². The average Bonchev–Trinajstić information content (AvgIpc) is 3.02. The molecule has 0 radical (unpaired) electrons. The number of aliphatic hydroxyl groups excluding tert-OH is 1. The second-order valence-corrected chi connectivity index (χ2v) is 5.45. The van der Waals surface area contributed by atoms with Crippen LogP contribution in [0.4, 0.5) is 0 Å². The highest BCUT2D eigenvalue weighted by molar-refractivity contribution is 6.30. The van der Waals surface area contributed by atoms with Crippen LogP contribution < -0.4 is 0 Å². The molecule has 1 amide bonds. The number of imidazole rings is 1. The molecule has 2 aromatic heterocycles. The largest absolute Gasteiger partial charge is 0.388 e. The van der Waals surface area contributed by atoms with Crippen molar-refractivity contribution in [1.82, 2.24) is 14.3 Å². The Morgan fingerprint density at radius 1 is 1.48 bits per heavy atom. The Labute approximate surface area is 126 Å². The molecule has 3 heterocycles. The second kappa shape index (κ2) is 5.63. The Morgan fingerprint density at radius 3 is 3.05 bits per heavy atom. The number of rotatable bonds is 3. The lowest BCUT2D eigenvalue weighted by molar-refractivity contribution is -0.00237. The van der Waals surface area contributed by atoms with Crippen molar-refractivity contribution in [3.05, 3.63) is 35.2 Å². The van der Waals surface area contributed by atoms with Crippen molar-refractivity contribution in [3.63, 3.8) is 0 Å². The highest BCUT2D eigenvalue weighted by Gasteiger charge is 2.35. The van der Waals surface area contributed by atoms with Gasteiger partial charge in [-0.25, -0.2) is 4.98 Å². The van der Waals surface area contributed by atoms with Crippen molar-refractivity contribution in [3.8, 4) is 0 Å². The highest BCUT2D eigenvalue weighted by atomic mass is 35.5. The van der Waals surface area contributed by atoms with Crippen LogP contribution in [-0.4, -0.2) is 57.2 Å². The fourth-order valence-corrected chi connectivity index (χ4v) is 2.70. The van der Waals surface area contributed by atoms with Crippen LogP contribution >= 0.6 is 11.6 Å². The number of likely N-dealkylation sites (tertiary alicyclic amines) is 1. The molecule has 7 heteroatoms. The zero-order valence-corrected chi connectivity index (χ0v) is 12.3. The third kappa shape index (κ3) is 2.74. The van der Waals surface area contributed by atoms with Crippen LogP contribution in [0.25, 0.3) is 5.65 Å². The topological polar surface area (TPSA) is 67.1 Å². The maximum atomic E-state index is 12.4. The highest BCUT2D eigenvalue weighted by Crippen LogP contribution is 2.18. The number of carbonyl (C=O) groups is 1.